The van der Waals surface area contributed by atoms with E-state index in [9.17, 15) is 0 Å². The van der Waals surface area contributed by atoms with E-state index in [4.69, 9.17) is 26.3 Å². The van der Waals surface area contributed by atoms with Crippen LogP contribution in [0.3, 0.4) is 0 Å². The quantitative estimate of drug-likeness (QED) is 0.162. The van der Waals surface area contributed by atoms with Gasteiger partial charge in [-0.05, 0) is 102 Å². The van der Waals surface area contributed by atoms with Crippen LogP contribution in [0.4, 0.5) is 0 Å². The van der Waals surface area contributed by atoms with Crippen LogP contribution < -0.4 is 0 Å². The van der Waals surface area contributed by atoms with E-state index in [1.165, 1.54) is 42.7 Å². The van der Waals surface area contributed by atoms with E-state index in [1.54, 1.807) is 48.5 Å². The van der Waals surface area contributed by atoms with Gasteiger partial charge < -0.3 is 14.4 Å². The summed E-state index contributed by atoms with van der Waals surface area (Å²) in [5, 5.41) is 1.25. The van der Waals surface area contributed by atoms with Gasteiger partial charge in [0.2, 0.25) is 0 Å². The third-order valence-electron chi connectivity index (χ3n) is 9.62. The molecule has 9 rings (SSSR count). The van der Waals surface area contributed by atoms with Crippen molar-refractivity contribution in [3.05, 3.63) is 167 Å². The van der Waals surface area contributed by atoms with Crippen LogP contribution >= 0.6 is 0 Å². The van der Waals surface area contributed by atoms with E-state index >= 15 is 0 Å². The number of nitrogens with zero attached hydrogens (tertiary/aromatic N) is 2. The molecule has 1 radical (unpaired) electrons. The van der Waals surface area contributed by atoms with Crippen LogP contribution in [0.5, 0.6) is 0 Å². The van der Waals surface area contributed by atoms with Crippen LogP contribution in [0, 0.1) is 46.4 Å². The molecule has 1 aliphatic carbocycles. The van der Waals surface area contributed by atoms with Crippen LogP contribution in [-0.2, 0) is 20.1 Å². The second kappa shape index (κ2) is 16.1. The van der Waals surface area contributed by atoms with E-state index in [0.717, 1.165) is 18.4 Å². The molecular weight excluding hydrogens is 837 g/mol. The van der Waals surface area contributed by atoms with Crippen molar-refractivity contribution in [3.8, 4) is 44.8 Å². The molecule has 0 bridgehead atoms. The van der Waals surface area contributed by atoms with Gasteiger partial charge in [0, 0.05) is 59.8 Å². The van der Waals surface area contributed by atoms with Crippen molar-refractivity contribution in [1.82, 2.24) is 9.97 Å². The number of benzene rings is 5. The Kier molecular flexibility index (Phi) is 6.63. The molecule has 0 atom stereocenters. The van der Waals surface area contributed by atoms with Gasteiger partial charge in [0.15, 0.2) is 0 Å². The molecule has 271 valence electrons. The summed E-state index contributed by atoms with van der Waals surface area (Å²) in [7, 11) is 0. The van der Waals surface area contributed by atoms with Gasteiger partial charge in [-0.3, -0.25) is 0 Å². The first-order valence-electron chi connectivity index (χ1n) is 25.4. The molecule has 0 saturated heterocycles. The molecule has 8 aromatic rings. The van der Waals surface area contributed by atoms with Gasteiger partial charge in [0.05, 0.1) is 5.58 Å². The maximum Gasteiger partial charge on any atom is 0.123 e. The summed E-state index contributed by atoms with van der Waals surface area (Å²) < 4.78 is 134. The second-order valence-electron chi connectivity index (χ2n) is 13.0. The zero-order valence-electron chi connectivity index (χ0n) is 45.0. The minimum atomic E-state index is -2.60. The van der Waals surface area contributed by atoms with Crippen LogP contribution in [0.2, 0.25) is 0 Å². The summed E-state index contributed by atoms with van der Waals surface area (Å²) in [6.45, 7) is -12.1. The first kappa shape index (κ1) is 22.3. The van der Waals surface area contributed by atoms with E-state index in [-0.39, 0.29) is 70.3 Å². The normalized spacial score (nSPS) is 18.9. The predicted octanol–water partition coefficient (Wildman–Crippen LogP) is 13.5. The fraction of sp³-hybridized carbons (Fsp3) is 0.200. The Morgan fingerprint density at radius 1 is 0.648 bits per heavy atom. The van der Waals surface area contributed by atoms with Crippen molar-refractivity contribution in [1.29, 1.82) is 0 Å². The summed E-state index contributed by atoms with van der Waals surface area (Å²) in [5.74, 6) is -0.881. The molecule has 3 nitrogen and oxygen atoms in total. The molecule has 0 spiro atoms. The van der Waals surface area contributed by atoms with Crippen molar-refractivity contribution < 1.29 is 46.5 Å². The van der Waals surface area contributed by atoms with Crippen molar-refractivity contribution in [2.75, 3.05) is 0 Å². The molecule has 1 saturated carbocycles. The molecule has 54 heavy (non-hydrogen) atoms. The molecule has 0 N–H and O–H groups in total. The summed E-state index contributed by atoms with van der Waals surface area (Å²) >= 11 is 0. The maximum atomic E-state index is 8.93. The largest absolute Gasteiger partial charge is 0.500 e. The Morgan fingerprint density at radius 2 is 1.46 bits per heavy atom. The number of aromatic nitrogens is 2. The zero-order valence-corrected chi connectivity index (χ0v) is 31.4. The Bertz CT molecular complexity index is 3170. The maximum absolute atomic E-state index is 8.93. The van der Waals surface area contributed by atoms with Crippen molar-refractivity contribution >= 4 is 21.9 Å². The fourth-order valence-corrected chi connectivity index (χ4v) is 6.91. The van der Waals surface area contributed by atoms with E-state index in [2.05, 4.69) is 22.1 Å². The molecule has 4 heteroatoms. The third kappa shape index (κ3) is 7.47. The summed E-state index contributed by atoms with van der Waals surface area (Å²) in [6.07, 6.45) is 5.59. The Labute approximate surface area is 355 Å². The zero-order chi connectivity index (χ0) is 49.9. The molecule has 3 heterocycles. The van der Waals surface area contributed by atoms with Crippen molar-refractivity contribution in [3.63, 3.8) is 0 Å². The van der Waals surface area contributed by atoms with Gasteiger partial charge in [0.1, 0.15) is 5.58 Å². The summed E-state index contributed by atoms with van der Waals surface area (Å²) in [4.78, 5) is 8.65. The number of rotatable bonds is 5. The monoisotopic (exact) mass is 897 g/mol. The number of pyridine rings is 2. The minimum absolute atomic E-state index is 0. The molecule has 0 unspecified atom stereocenters. The van der Waals surface area contributed by atoms with Gasteiger partial charge in [-0.15, -0.1) is 47.5 Å². The number of aryl methyl sites for hydroxylation is 5. The summed E-state index contributed by atoms with van der Waals surface area (Å²) in [5.41, 5.74) is 5.03. The van der Waals surface area contributed by atoms with Crippen LogP contribution in [0.1, 0.15) is 86.9 Å². The molecule has 0 aliphatic heterocycles. The predicted molar refractivity (Wildman–Crippen MR) is 220 cm³/mol. The average molecular weight is 897 g/mol. The molecule has 5 aromatic carbocycles. The van der Waals surface area contributed by atoms with Crippen LogP contribution in [-0.4, -0.2) is 9.97 Å². The number of hydrogen-bond acceptors (Lipinski definition) is 3. The van der Waals surface area contributed by atoms with E-state index < -0.39 is 40.2 Å². The van der Waals surface area contributed by atoms with Crippen molar-refractivity contribution in [2.24, 2.45) is 0 Å². The topological polar surface area (TPSA) is 38.9 Å². The molecule has 1 fully saturated rings. The van der Waals surface area contributed by atoms with Crippen LogP contribution in [0.15, 0.2) is 126 Å². The van der Waals surface area contributed by atoms with E-state index in [1.807, 2.05) is 30.3 Å². The molecule has 0 amide bonds. The standard InChI is InChI=1S/C31H28NO.C19H16N.Ir/c1-19-8-6-11-25-26-12-7-13-27(31(26)33-30(19)25)29-17-28(21(3)18-32-29)24-15-14-23(16-20(24)2)22-9-4-5-10-22;1-14-8-11-19(20-13-14)17-10-9-15(2)18(12-17)16-6-4-3-5-7-16;/h6-8,11-12,14-18,22H,4-5,9-10H2,1-3H3;3-9,11-13H,1-2H3;/q2*-1;/i1D3,2D3,3D3,22D;1D3,2D3;. The number of fused-ring (bicyclic) bond motifs is 3. The van der Waals surface area contributed by atoms with Crippen molar-refractivity contribution in [2.45, 2.75) is 65.8 Å². The first-order chi connectivity index (χ1) is 32.2. The Balaban J connectivity index is 0.000000229. The second-order valence-corrected chi connectivity index (χ2v) is 13.0. The Hall–Kier alpha value is -5.15. The van der Waals surface area contributed by atoms with E-state index in [0.29, 0.717) is 57.1 Å². The smallest absolute Gasteiger partial charge is 0.123 e. The summed E-state index contributed by atoms with van der Waals surface area (Å²) in [6, 6.07) is 36.4. The van der Waals surface area contributed by atoms with Gasteiger partial charge in [-0.25, -0.2) is 0 Å². The van der Waals surface area contributed by atoms with Gasteiger partial charge in [-0.1, -0.05) is 121 Å². The van der Waals surface area contributed by atoms with Gasteiger partial charge in [-0.2, -0.15) is 0 Å². The molecule has 1 aliphatic rings. The van der Waals surface area contributed by atoms with Gasteiger partial charge in [0.25, 0.3) is 0 Å². The number of hydrogen-bond donors (Lipinski definition) is 0. The molecular formula is C50H44IrN2O-2. The minimum Gasteiger partial charge on any atom is -0.500 e. The fourth-order valence-electron chi connectivity index (χ4n) is 6.91. The number of para-hydroxylation sites is 1. The third-order valence-corrected chi connectivity index (χ3v) is 9.62. The molecule has 3 aromatic heterocycles. The Morgan fingerprint density at radius 3 is 2.24 bits per heavy atom. The SMILES string of the molecule is [2H]C([2H])([2H])c1ccc(-c2[c-]cc(C([2H])([2H])[2H])c(-c3ccccc3)c2)nc1.[2H]C([2H])([2H])c1cnc(-c2[c-]ccc3c2oc2c(C([2H])([2H])[2H])cccc23)cc1-c1ccc(C2([2H])CCCC2)cc1C([2H])([2H])[2H].[Ir]. The average Bonchev–Trinajstić information content (AvgIpc) is 3.92. The first-order valence-corrected chi connectivity index (χ1v) is 17.4. The van der Waals surface area contributed by atoms with Crippen LogP contribution in [0.25, 0.3) is 66.7 Å². The van der Waals surface area contributed by atoms with Gasteiger partial charge >= 0.3 is 0 Å². The number of furan rings is 1.